The SMILES string of the molecule is Fc1ccc(Nc2nc(Cc3ccccc3)nc3cc(Cl)ccc23)cc1. The molecule has 0 fully saturated rings. The van der Waals surface area contributed by atoms with Crippen LogP contribution in [0.2, 0.25) is 5.02 Å². The van der Waals surface area contributed by atoms with E-state index in [-0.39, 0.29) is 5.82 Å². The Morgan fingerprint density at radius 1 is 0.885 bits per heavy atom. The first-order valence-corrected chi connectivity index (χ1v) is 8.58. The van der Waals surface area contributed by atoms with Gasteiger partial charge in [-0.25, -0.2) is 14.4 Å². The van der Waals surface area contributed by atoms with E-state index in [1.165, 1.54) is 12.1 Å². The number of fused-ring (bicyclic) bond motifs is 1. The Hall–Kier alpha value is -2.98. The van der Waals surface area contributed by atoms with Crippen molar-refractivity contribution in [3.05, 3.63) is 95.0 Å². The molecular weight excluding hydrogens is 349 g/mol. The molecule has 0 saturated carbocycles. The van der Waals surface area contributed by atoms with Gasteiger partial charge in [-0.05, 0) is 48.0 Å². The second-order valence-corrected chi connectivity index (χ2v) is 6.38. The highest BCUT2D eigenvalue weighted by Gasteiger charge is 2.10. The first kappa shape index (κ1) is 16.5. The minimum absolute atomic E-state index is 0.278. The third-order valence-corrected chi connectivity index (χ3v) is 4.25. The lowest BCUT2D eigenvalue weighted by molar-refractivity contribution is 0.628. The van der Waals surface area contributed by atoms with E-state index in [1.54, 1.807) is 18.2 Å². The van der Waals surface area contributed by atoms with E-state index in [9.17, 15) is 4.39 Å². The summed E-state index contributed by atoms with van der Waals surface area (Å²) >= 11 is 6.14. The Labute approximate surface area is 155 Å². The van der Waals surface area contributed by atoms with E-state index >= 15 is 0 Å². The van der Waals surface area contributed by atoms with E-state index < -0.39 is 0 Å². The first-order valence-electron chi connectivity index (χ1n) is 8.20. The molecule has 1 N–H and O–H groups in total. The Morgan fingerprint density at radius 2 is 1.65 bits per heavy atom. The molecule has 1 heterocycles. The van der Waals surface area contributed by atoms with Crippen molar-refractivity contribution in [2.45, 2.75) is 6.42 Å². The second kappa shape index (κ2) is 7.10. The highest BCUT2D eigenvalue weighted by atomic mass is 35.5. The van der Waals surface area contributed by atoms with Crippen LogP contribution in [0.15, 0.2) is 72.8 Å². The molecule has 0 spiro atoms. The van der Waals surface area contributed by atoms with Crippen LogP contribution in [0.25, 0.3) is 10.9 Å². The predicted octanol–water partition coefficient (Wildman–Crippen LogP) is 5.76. The molecule has 128 valence electrons. The third kappa shape index (κ3) is 3.65. The van der Waals surface area contributed by atoms with Crippen molar-refractivity contribution in [1.29, 1.82) is 0 Å². The maximum Gasteiger partial charge on any atom is 0.142 e. The molecular formula is C21H15ClFN3. The summed E-state index contributed by atoms with van der Waals surface area (Å²) in [6, 6.07) is 21.7. The number of nitrogens with one attached hydrogen (secondary N) is 1. The van der Waals surface area contributed by atoms with Crippen LogP contribution in [0.3, 0.4) is 0 Å². The summed E-state index contributed by atoms with van der Waals surface area (Å²) in [4.78, 5) is 9.34. The van der Waals surface area contributed by atoms with Gasteiger partial charge < -0.3 is 5.32 Å². The monoisotopic (exact) mass is 363 g/mol. The molecule has 0 aliphatic carbocycles. The fourth-order valence-electron chi connectivity index (χ4n) is 2.77. The maximum atomic E-state index is 13.2. The van der Waals surface area contributed by atoms with E-state index in [0.29, 0.717) is 23.1 Å². The lowest BCUT2D eigenvalue weighted by Crippen LogP contribution is -2.03. The molecule has 3 nitrogen and oxygen atoms in total. The van der Waals surface area contributed by atoms with Crippen LogP contribution in [-0.4, -0.2) is 9.97 Å². The standard InChI is InChI=1S/C21H15ClFN3/c22-15-6-11-18-19(13-15)25-20(12-14-4-2-1-3-5-14)26-21(18)24-17-9-7-16(23)8-10-17/h1-11,13H,12H2,(H,24,25,26). The van der Waals surface area contributed by atoms with Gasteiger partial charge in [-0.1, -0.05) is 41.9 Å². The Balaban J connectivity index is 1.77. The summed E-state index contributed by atoms with van der Waals surface area (Å²) in [5.41, 5.74) is 2.65. The lowest BCUT2D eigenvalue weighted by atomic mass is 10.1. The van der Waals surface area contributed by atoms with E-state index in [4.69, 9.17) is 11.6 Å². The van der Waals surface area contributed by atoms with Crippen molar-refractivity contribution in [3.8, 4) is 0 Å². The summed E-state index contributed by atoms with van der Waals surface area (Å²) in [6.45, 7) is 0. The fourth-order valence-corrected chi connectivity index (χ4v) is 2.94. The molecule has 3 aromatic carbocycles. The molecule has 0 amide bonds. The maximum absolute atomic E-state index is 13.2. The Morgan fingerprint density at radius 3 is 2.42 bits per heavy atom. The Bertz CT molecular complexity index is 1050. The number of benzene rings is 3. The van der Waals surface area contributed by atoms with Crippen LogP contribution < -0.4 is 5.32 Å². The molecule has 0 atom stereocenters. The van der Waals surface area contributed by atoms with Gasteiger partial charge in [-0.15, -0.1) is 0 Å². The van der Waals surface area contributed by atoms with Gasteiger partial charge in [0.15, 0.2) is 0 Å². The number of halogens is 2. The van der Waals surface area contributed by atoms with Gasteiger partial charge in [0.1, 0.15) is 17.5 Å². The highest BCUT2D eigenvalue weighted by Crippen LogP contribution is 2.27. The first-order chi connectivity index (χ1) is 12.7. The summed E-state index contributed by atoms with van der Waals surface area (Å²) in [5.74, 6) is 1.08. The molecule has 0 saturated heterocycles. The van der Waals surface area contributed by atoms with Crippen molar-refractivity contribution in [2.75, 3.05) is 5.32 Å². The topological polar surface area (TPSA) is 37.8 Å². The van der Waals surface area contributed by atoms with Crippen LogP contribution in [-0.2, 0) is 6.42 Å². The van der Waals surface area contributed by atoms with Crippen LogP contribution in [0.5, 0.6) is 0 Å². The number of anilines is 2. The van der Waals surface area contributed by atoms with Crippen LogP contribution in [0.4, 0.5) is 15.9 Å². The third-order valence-electron chi connectivity index (χ3n) is 4.02. The highest BCUT2D eigenvalue weighted by molar-refractivity contribution is 6.31. The number of nitrogens with zero attached hydrogens (tertiary/aromatic N) is 2. The van der Waals surface area contributed by atoms with Gasteiger partial charge in [-0.3, -0.25) is 0 Å². The molecule has 1 aromatic heterocycles. The lowest BCUT2D eigenvalue weighted by Gasteiger charge is -2.11. The molecule has 0 bridgehead atoms. The summed E-state index contributed by atoms with van der Waals surface area (Å²) in [7, 11) is 0. The van der Waals surface area contributed by atoms with Crippen LogP contribution in [0, 0.1) is 5.82 Å². The van der Waals surface area contributed by atoms with E-state index in [2.05, 4.69) is 15.3 Å². The number of rotatable bonds is 4. The van der Waals surface area contributed by atoms with Crippen LogP contribution >= 0.6 is 11.6 Å². The van der Waals surface area contributed by atoms with Crippen molar-refractivity contribution >= 4 is 34.0 Å². The molecule has 0 aliphatic heterocycles. The van der Waals surface area contributed by atoms with Gasteiger partial charge in [0, 0.05) is 22.5 Å². The van der Waals surface area contributed by atoms with Crippen molar-refractivity contribution in [2.24, 2.45) is 0 Å². The van der Waals surface area contributed by atoms with Crippen molar-refractivity contribution < 1.29 is 4.39 Å². The molecule has 26 heavy (non-hydrogen) atoms. The van der Waals surface area contributed by atoms with Gasteiger partial charge in [0.2, 0.25) is 0 Å². The second-order valence-electron chi connectivity index (χ2n) is 5.94. The average molecular weight is 364 g/mol. The Kier molecular flexibility index (Phi) is 4.50. The number of hydrogen-bond acceptors (Lipinski definition) is 3. The van der Waals surface area contributed by atoms with Gasteiger partial charge in [0.05, 0.1) is 5.52 Å². The van der Waals surface area contributed by atoms with Crippen LogP contribution in [0.1, 0.15) is 11.4 Å². The quantitative estimate of drug-likeness (QED) is 0.501. The molecule has 0 unspecified atom stereocenters. The van der Waals surface area contributed by atoms with Gasteiger partial charge in [-0.2, -0.15) is 0 Å². The zero-order valence-corrected chi connectivity index (χ0v) is 14.5. The summed E-state index contributed by atoms with van der Waals surface area (Å²) in [6.07, 6.45) is 0.612. The fraction of sp³-hybridized carbons (Fsp3) is 0.0476. The van der Waals surface area contributed by atoms with Gasteiger partial charge >= 0.3 is 0 Å². The smallest absolute Gasteiger partial charge is 0.142 e. The van der Waals surface area contributed by atoms with Crippen molar-refractivity contribution in [3.63, 3.8) is 0 Å². The average Bonchev–Trinajstić information content (AvgIpc) is 2.64. The van der Waals surface area contributed by atoms with Crippen molar-refractivity contribution in [1.82, 2.24) is 9.97 Å². The zero-order chi connectivity index (χ0) is 17.9. The summed E-state index contributed by atoms with van der Waals surface area (Å²) in [5, 5.41) is 4.74. The number of hydrogen-bond donors (Lipinski definition) is 1. The normalized spacial score (nSPS) is 10.8. The summed E-state index contributed by atoms with van der Waals surface area (Å²) < 4.78 is 13.2. The largest absolute Gasteiger partial charge is 0.340 e. The zero-order valence-electron chi connectivity index (χ0n) is 13.8. The minimum Gasteiger partial charge on any atom is -0.340 e. The minimum atomic E-state index is -0.278. The predicted molar refractivity (Wildman–Crippen MR) is 103 cm³/mol. The van der Waals surface area contributed by atoms with E-state index in [1.807, 2.05) is 42.5 Å². The van der Waals surface area contributed by atoms with E-state index in [0.717, 1.165) is 22.2 Å². The number of aromatic nitrogens is 2. The van der Waals surface area contributed by atoms with Gasteiger partial charge in [0.25, 0.3) is 0 Å². The molecule has 0 aliphatic rings. The molecule has 5 heteroatoms. The molecule has 0 radical (unpaired) electrons. The molecule has 4 aromatic rings. The molecule has 4 rings (SSSR count).